The van der Waals surface area contributed by atoms with Crippen molar-refractivity contribution >= 4 is 15.9 Å². The minimum Gasteiger partial charge on any atom is -0.337 e. The SMILES string of the molecule is CS(=O)(=O)CCCNC(=O)NN. The number of amides is 2. The standard InChI is InChI=1S/C5H13N3O3S/c1-12(10,11)4-2-3-7-5(9)8-6/h2-4,6H2,1H3,(H2,7,8,9). The van der Waals surface area contributed by atoms with Crippen LogP contribution in [0, 0.1) is 0 Å². The zero-order chi connectivity index (χ0) is 9.61. The van der Waals surface area contributed by atoms with Gasteiger partial charge in [0.15, 0.2) is 0 Å². The van der Waals surface area contributed by atoms with E-state index in [1.165, 1.54) is 0 Å². The van der Waals surface area contributed by atoms with Crippen LogP contribution in [0.5, 0.6) is 0 Å². The summed E-state index contributed by atoms with van der Waals surface area (Å²) in [6.07, 6.45) is 1.54. The number of hydrogen-bond acceptors (Lipinski definition) is 4. The first-order chi connectivity index (χ1) is 5.45. The number of hydrogen-bond donors (Lipinski definition) is 3. The molecule has 0 aromatic heterocycles. The van der Waals surface area contributed by atoms with Crippen molar-refractivity contribution in [2.75, 3.05) is 18.6 Å². The fourth-order valence-corrected chi connectivity index (χ4v) is 1.26. The molecule has 0 heterocycles. The average Bonchev–Trinajstić information content (AvgIpc) is 1.96. The first kappa shape index (κ1) is 11.2. The fourth-order valence-electron chi connectivity index (χ4n) is 0.587. The lowest BCUT2D eigenvalue weighted by molar-refractivity contribution is 0.241. The third-order valence-corrected chi connectivity index (χ3v) is 2.14. The van der Waals surface area contributed by atoms with Crippen LogP contribution in [0.2, 0.25) is 0 Å². The summed E-state index contributed by atoms with van der Waals surface area (Å²) in [6, 6.07) is -0.511. The van der Waals surface area contributed by atoms with E-state index < -0.39 is 15.9 Å². The van der Waals surface area contributed by atoms with Gasteiger partial charge in [0.05, 0.1) is 5.75 Å². The van der Waals surface area contributed by atoms with Gasteiger partial charge in [-0.25, -0.2) is 19.1 Å². The molecule has 0 fully saturated rings. The molecule has 12 heavy (non-hydrogen) atoms. The van der Waals surface area contributed by atoms with E-state index in [1.54, 1.807) is 0 Å². The van der Waals surface area contributed by atoms with Crippen LogP contribution in [0.15, 0.2) is 0 Å². The molecule has 72 valence electrons. The highest BCUT2D eigenvalue weighted by molar-refractivity contribution is 7.90. The van der Waals surface area contributed by atoms with Gasteiger partial charge in [-0.3, -0.25) is 5.43 Å². The van der Waals surface area contributed by atoms with Gasteiger partial charge in [-0.2, -0.15) is 0 Å². The summed E-state index contributed by atoms with van der Waals surface area (Å²) < 4.78 is 21.2. The molecule has 0 unspecified atom stereocenters. The van der Waals surface area contributed by atoms with E-state index in [0.29, 0.717) is 13.0 Å². The number of carbonyl (C=O) groups excluding carboxylic acids is 1. The molecule has 4 N–H and O–H groups in total. The van der Waals surface area contributed by atoms with Crippen molar-refractivity contribution in [1.82, 2.24) is 10.7 Å². The van der Waals surface area contributed by atoms with Crippen molar-refractivity contribution in [2.45, 2.75) is 6.42 Å². The van der Waals surface area contributed by atoms with E-state index in [-0.39, 0.29) is 5.75 Å². The Morgan fingerprint density at radius 1 is 1.50 bits per heavy atom. The summed E-state index contributed by atoms with van der Waals surface area (Å²) in [7, 11) is -2.93. The van der Waals surface area contributed by atoms with Gasteiger partial charge in [0.2, 0.25) is 0 Å². The van der Waals surface area contributed by atoms with Crippen molar-refractivity contribution < 1.29 is 13.2 Å². The van der Waals surface area contributed by atoms with Crippen LogP contribution in [0.1, 0.15) is 6.42 Å². The van der Waals surface area contributed by atoms with E-state index in [1.807, 2.05) is 5.43 Å². The smallest absolute Gasteiger partial charge is 0.328 e. The molecule has 0 aliphatic rings. The Kier molecular flexibility index (Phi) is 4.60. The largest absolute Gasteiger partial charge is 0.337 e. The normalized spacial score (nSPS) is 10.8. The molecule has 0 bridgehead atoms. The summed E-state index contributed by atoms with van der Waals surface area (Å²) in [6.45, 7) is 0.302. The number of nitrogens with two attached hydrogens (primary N) is 1. The molecule has 2 amide bonds. The van der Waals surface area contributed by atoms with Gasteiger partial charge in [-0.15, -0.1) is 0 Å². The molecule has 0 saturated carbocycles. The Hall–Kier alpha value is -0.820. The van der Waals surface area contributed by atoms with Crippen molar-refractivity contribution in [3.63, 3.8) is 0 Å². The van der Waals surface area contributed by atoms with Gasteiger partial charge in [0, 0.05) is 12.8 Å². The maximum atomic E-state index is 10.6. The zero-order valence-electron chi connectivity index (χ0n) is 6.83. The quantitative estimate of drug-likeness (QED) is 0.222. The Morgan fingerprint density at radius 3 is 2.50 bits per heavy atom. The molecule has 7 heteroatoms. The monoisotopic (exact) mass is 195 g/mol. The highest BCUT2D eigenvalue weighted by Gasteiger charge is 2.01. The van der Waals surface area contributed by atoms with Crippen molar-refractivity contribution in [2.24, 2.45) is 5.84 Å². The molecular weight excluding hydrogens is 182 g/mol. The minimum atomic E-state index is -2.93. The first-order valence-electron chi connectivity index (χ1n) is 3.38. The topological polar surface area (TPSA) is 101 Å². The second-order valence-electron chi connectivity index (χ2n) is 2.38. The molecule has 0 aliphatic heterocycles. The van der Waals surface area contributed by atoms with Crippen LogP contribution >= 0.6 is 0 Å². The van der Waals surface area contributed by atoms with Crippen LogP contribution in [0.4, 0.5) is 4.79 Å². The molecule has 0 aromatic rings. The average molecular weight is 195 g/mol. The van der Waals surface area contributed by atoms with Gasteiger partial charge in [0.25, 0.3) is 0 Å². The number of nitrogens with one attached hydrogen (secondary N) is 2. The van der Waals surface area contributed by atoms with E-state index in [9.17, 15) is 13.2 Å². The molecule has 0 saturated heterocycles. The lowest BCUT2D eigenvalue weighted by Gasteiger charge is -2.02. The third kappa shape index (κ3) is 7.29. The summed E-state index contributed by atoms with van der Waals surface area (Å²) in [4.78, 5) is 10.4. The molecule has 0 radical (unpaired) electrons. The summed E-state index contributed by atoms with van der Waals surface area (Å²) in [5, 5.41) is 2.37. The van der Waals surface area contributed by atoms with Crippen LogP contribution in [0.25, 0.3) is 0 Å². The molecular formula is C5H13N3O3S. The lowest BCUT2D eigenvalue weighted by atomic mass is 10.5. The lowest BCUT2D eigenvalue weighted by Crippen LogP contribution is -2.40. The molecule has 0 aliphatic carbocycles. The van der Waals surface area contributed by atoms with Crippen molar-refractivity contribution in [3.8, 4) is 0 Å². The van der Waals surface area contributed by atoms with E-state index in [4.69, 9.17) is 5.84 Å². The summed E-state index contributed by atoms with van der Waals surface area (Å²) in [5.74, 6) is 4.83. The van der Waals surface area contributed by atoms with Crippen molar-refractivity contribution in [1.29, 1.82) is 0 Å². The van der Waals surface area contributed by atoms with Crippen LogP contribution in [0.3, 0.4) is 0 Å². The van der Waals surface area contributed by atoms with E-state index in [0.717, 1.165) is 6.26 Å². The third-order valence-electron chi connectivity index (χ3n) is 1.11. The number of hydrazine groups is 1. The predicted octanol–water partition coefficient (Wildman–Crippen LogP) is -1.41. The summed E-state index contributed by atoms with van der Waals surface area (Å²) in [5.41, 5.74) is 1.86. The van der Waals surface area contributed by atoms with Gasteiger partial charge in [-0.1, -0.05) is 0 Å². The van der Waals surface area contributed by atoms with E-state index in [2.05, 4.69) is 5.32 Å². The molecule has 6 nitrogen and oxygen atoms in total. The van der Waals surface area contributed by atoms with Gasteiger partial charge >= 0.3 is 6.03 Å². The van der Waals surface area contributed by atoms with Gasteiger partial charge < -0.3 is 5.32 Å². The maximum absolute atomic E-state index is 10.6. The second kappa shape index (κ2) is 4.94. The fraction of sp³-hybridized carbons (Fsp3) is 0.800. The second-order valence-corrected chi connectivity index (χ2v) is 4.64. The van der Waals surface area contributed by atoms with Crippen LogP contribution < -0.4 is 16.6 Å². The highest BCUT2D eigenvalue weighted by Crippen LogP contribution is 1.86. The highest BCUT2D eigenvalue weighted by atomic mass is 32.2. The molecule has 0 aromatic carbocycles. The molecule has 0 atom stereocenters. The van der Waals surface area contributed by atoms with Crippen LogP contribution in [-0.4, -0.2) is 33.0 Å². The van der Waals surface area contributed by atoms with Gasteiger partial charge in [-0.05, 0) is 6.42 Å². The number of rotatable bonds is 4. The van der Waals surface area contributed by atoms with Gasteiger partial charge in [0.1, 0.15) is 9.84 Å². The number of carbonyl (C=O) groups is 1. The molecule has 0 spiro atoms. The number of sulfone groups is 1. The summed E-state index contributed by atoms with van der Waals surface area (Å²) >= 11 is 0. The minimum absolute atomic E-state index is 0.0673. The number of urea groups is 1. The Balaban J connectivity index is 3.40. The molecule has 0 rings (SSSR count). The predicted molar refractivity (Wildman–Crippen MR) is 45.0 cm³/mol. The Bertz CT molecular complexity index is 236. The first-order valence-corrected chi connectivity index (χ1v) is 5.44. The van der Waals surface area contributed by atoms with Crippen LogP contribution in [-0.2, 0) is 9.84 Å². The van der Waals surface area contributed by atoms with E-state index >= 15 is 0 Å². The maximum Gasteiger partial charge on any atom is 0.328 e. The Labute approximate surface area is 71.4 Å². The zero-order valence-corrected chi connectivity index (χ0v) is 7.65. The Morgan fingerprint density at radius 2 is 2.08 bits per heavy atom. The van der Waals surface area contributed by atoms with Crippen molar-refractivity contribution in [3.05, 3.63) is 0 Å².